The van der Waals surface area contributed by atoms with Crippen LogP contribution in [0.3, 0.4) is 0 Å². The van der Waals surface area contributed by atoms with Crippen LogP contribution < -0.4 is 21.6 Å². The van der Waals surface area contributed by atoms with E-state index in [-0.39, 0.29) is 5.69 Å². The van der Waals surface area contributed by atoms with Crippen LogP contribution in [-0.2, 0) is 6.54 Å². The van der Waals surface area contributed by atoms with Crippen LogP contribution in [-0.4, -0.2) is 59.8 Å². The summed E-state index contributed by atoms with van der Waals surface area (Å²) in [7, 11) is 0. The lowest BCUT2D eigenvalue weighted by Gasteiger charge is -2.30. The lowest BCUT2D eigenvalue weighted by Crippen LogP contribution is -2.44. The maximum atomic E-state index is 12.5. The van der Waals surface area contributed by atoms with E-state index in [2.05, 4.69) is 32.2 Å². The fourth-order valence-corrected chi connectivity index (χ4v) is 3.79. The number of anilines is 1. The van der Waals surface area contributed by atoms with Crippen molar-refractivity contribution in [1.82, 2.24) is 19.8 Å². The van der Waals surface area contributed by atoms with Gasteiger partial charge >= 0.3 is 5.69 Å². The van der Waals surface area contributed by atoms with Crippen LogP contribution in [0.2, 0.25) is 0 Å². The Kier molecular flexibility index (Phi) is 5.52. The van der Waals surface area contributed by atoms with E-state index in [1.807, 2.05) is 24.4 Å². The predicted octanol–water partition coefficient (Wildman–Crippen LogP) is 0.565. The minimum Gasteiger partial charge on any atom is -0.354 e. The van der Waals surface area contributed by atoms with E-state index in [0.717, 1.165) is 70.2 Å². The van der Waals surface area contributed by atoms with Gasteiger partial charge in [-0.1, -0.05) is 12.1 Å². The SMILES string of the molecule is NC1CCN(Cc2ccc(-n3ccc(N4CCNCC4)nc3=O)cc2)CC1. The van der Waals surface area contributed by atoms with Gasteiger partial charge in [-0.2, -0.15) is 4.98 Å². The molecule has 2 aromatic rings. The number of aromatic nitrogens is 2. The summed E-state index contributed by atoms with van der Waals surface area (Å²) < 4.78 is 1.61. The Balaban J connectivity index is 1.44. The number of piperazine rings is 1. The van der Waals surface area contributed by atoms with Crippen LogP contribution >= 0.6 is 0 Å². The van der Waals surface area contributed by atoms with Gasteiger partial charge in [0, 0.05) is 45.0 Å². The Bertz CT molecular complexity index is 804. The van der Waals surface area contributed by atoms with E-state index in [0.29, 0.717) is 6.04 Å². The van der Waals surface area contributed by atoms with Crippen LogP contribution in [0.15, 0.2) is 41.3 Å². The second-order valence-corrected chi connectivity index (χ2v) is 7.46. The maximum Gasteiger partial charge on any atom is 0.354 e. The highest BCUT2D eigenvalue weighted by atomic mass is 16.1. The number of piperidine rings is 1. The molecular weight excluding hydrogens is 340 g/mol. The van der Waals surface area contributed by atoms with Gasteiger partial charge in [0.25, 0.3) is 0 Å². The highest BCUT2D eigenvalue weighted by Crippen LogP contribution is 2.15. The number of likely N-dealkylation sites (tertiary alicyclic amines) is 1. The minimum absolute atomic E-state index is 0.233. The molecule has 2 aliphatic rings. The van der Waals surface area contributed by atoms with Crippen molar-refractivity contribution in [2.45, 2.75) is 25.4 Å². The summed E-state index contributed by atoms with van der Waals surface area (Å²) in [6.07, 6.45) is 3.96. The molecule has 7 nitrogen and oxygen atoms in total. The first-order chi connectivity index (χ1) is 13.2. The molecule has 0 atom stereocenters. The monoisotopic (exact) mass is 368 g/mol. The number of nitrogens with zero attached hydrogens (tertiary/aromatic N) is 4. The molecule has 0 bridgehead atoms. The number of hydrogen-bond donors (Lipinski definition) is 2. The summed E-state index contributed by atoms with van der Waals surface area (Å²) in [6, 6.07) is 10.5. The van der Waals surface area contributed by atoms with Gasteiger partial charge in [-0.05, 0) is 49.7 Å². The Hall–Kier alpha value is -2.22. The quantitative estimate of drug-likeness (QED) is 0.821. The number of nitrogens with two attached hydrogens (primary N) is 1. The summed E-state index contributed by atoms with van der Waals surface area (Å²) in [5.41, 5.74) is 7.85. The molecule has 1 aromatic heterocycles. The molecule has 3 heterocycles. The molecule has 2 fully saturated rings. The highest BCUT2D eigenvalue weighted by Gasteiger charge is 2.16. The zero-order chi connectivity index (χ0) is 18.6. The second kappa shape index (κ2) is 8.21. The van der Waals surface area contributed by atoms with E-state index in [9.17, 15) is 4.79 Å². The third-order valence-electron chi connectivity index (χ3n) is 5.48. The summed E-state index contributed by atoms with van der Waals surface area (Å²) in [5, 5.41) is 3.31. The lowest BCUT2D eigenvalue weighted by atomic mass is 10.1. The molecule has 0 aliphatic carbocycles. The van der Waals surface area contributed by atoms with Crippen LogP contribution in [0.1, 0.15) is 18.4 Å². The molecule has 2 aliphatic heterocycles. The van der Waals surface area contributed by atoms with Crippen molar-refractivity contribution in [1.29, 1.82) is 0 Å². The van der Waals surface area contributed by atoms with Crippen LogP contribution in [0.5, 0.6) is 0 Å². The molecule has 7 heteroatoms. The second-order valence-electron chi connectivity index (χ2n) is 7.46. The summed E-state index contributed by atoms with van der Waals surface area (Å²) in [4.78, 5) is 21.4. The molecule has 0 unspecified atom stereocenters. The first-order valence-electron chi connectivity index (χ1n) is 9.82. The average Bonchev–Trinajstić information content (AvgIpc) is 2.71. The molecule has 0 radical (unpaired) electrons. The zero-order valence-electron chi connectivity index (χ0n) is 15.7. The molecule has 144 valence electrons. The van der Waals surface area contributed by atoms with Gasteiger partial charge in [-0.3, -0.25) is 9.47 Å². The Labute approximate surface area is 159 Å². The highest BCUT2D eigenvalue weighted by molar-refractivity contribution is 5.40. The number of benzene rings is 1. The Morgan fingerprint density at radius 3 is 2.41 bits per heavy atom. The number of rotatable bonds is 4. The average molecular weight is 368 g/mol. The molecule has 3 N–H and O–H groups in total. The van der Waals surface area contributed by atoms with E-state index in [4.69, 9.17) is 5.73 Å². The van der Waals surface area contributed by atoms with Gasteiger partial charge in [0.15, 0.2) is 0 Å². The Morgan fingerprint density at radius 2 is 1.74 bits per heavy atom. The zero-order valence-corrected chi connectivity index (χ0v) is 15.7. The van der Waals surface area contributed by atoms with E-state index in [1.165, 1.54) is 5.56 Å². The minimum atomic E-state index is -0.233. The molecule has 4 rings (SSSR count). The Morgan fingerprint density at radius 1 is 1.04 bits per heavy atom. The molecule has 0 spiro atoms. The standard InChI is InChI=1S/C20H28N6O/c21-17-5-10-24(11-6-17)15-16-1-3-18(4-2-16)26-12-7-19(23-20(26)27)25-13-8-22-9-14-25/h1-4,7,12,17,22H,5-6,8-11,13-15,21H2. The van der Waals surface area contributed by atoms with E-state index < -0.39 is 0 Å². The van der Waals surface area contributed by atoms with Crippen molar-refractivity contribution in [2.24, 2.45) is 5.73 Å². The van der Waals surface area contributed by atoms with Gasteiger partial charge in [0.2, 0.25) is 0 Å². The first-order valence-corrected chi connectivity index (χ1v) is 9.82. The largest absolute Gasteiger partial charge is 0.354 e. The van der Waals surface area contributed by atoms with E-state index in [1.54, 1.807) is 4.57 Å². The van der Waals surface area contributed by atoms with Crippen molar-refractivity contribution >= 4 is 5.82 Å². The topological polar surface area (TPSA) is 79.4 Å². The van der Waals surface area contributed by atoms with Crippen molar-refractivity contribution in [3.05, 3.63) is 52.6 Å². The smallest absolute Gasteiger partial charge is 0.354 e. The van der Waals surface area contributed by atoms with Crippen molar-refractivity contribution in [2.75, 3.05) is 44.2 Å². The van der Waals surface area contributed by atoms with Crippen LogP contribution in [0, 0.1) is 0 Å². The van der Waals surface area contributed by atoms with Crippen molar-refractivity contribution < 1.29 is 0 Å². The first kappa shape index (κ1) is 18.2. The van der Waals surface area contributed by atoms with Gasteiger partial charge in [-0.25, -0.2) is 4.79 Å². The van der Waals surface area contributed by atoms with Gasteiger partial charge in [0.1, 0.15) is 5.82 Å². The summed E-state index contributed by atoms with van der Waals surface area (Å²) >= 11 is 0. The number of nitrogens with one attached hydrogen (secondary N) is 1. The van der Waals surface area contributed by atoms with Crippen LogP contribution in [0.25, 0.3) is 5.69 Å². The fourth-order valence-electron chi connectivity index (χ4n) is 3.79. The molecule has 2 saturated heterocycles. The maximum absolute atomic E-state index is 12.5. The van der Waals surface area contributed by atoms with Gasteiger partial charge in [-0.15, -0.1) is 0 Å². The molecule has 0 saturated carbocycles. The van der Waals surface area contributed by atoms with Crippen molar-refractivity contribution in [3.8, 4) is 5.69 Å². The molecule has 27 heavy (non-hydrogen) atoms. The summed E-state index contributed by atoms with van der Waals surface area (Å²) in [5.74, 6) is 0.762. The summed E-state index contributed by atoms with van der Waals surface area (Å²) in [6.45, 7) is 6.66. The molecule has 1 aromatic carbocycles. The predicted molar refractivity (Wildman–Crippen MR) is 107 cm³/mol. The lowest BCUT2D eigenvalue weighted by molar-refractivity contribution is 0.205. The van der Waals surface area contributed by atoms with Crippen LogP contribution in [0.4, 0.5) is 5.82 Å². The van der Waals surface area contributed by atoms with Crippen molar-refractivity contribution in [3.63, 3.8) is 0 Å². The molecule has 0 amide bonds. The normalized spacial score (nSPS) is 19.4. The van der Waals surface area contributed by atoms with E-state index >= 15 is 0 Å². The van der Waals surface area contributed by atoms with Gasteiger partial charge in [0.05, 0.1) is 5.69 Å². The molecular formula is C20H28N6O. The van der Waals surface area contributed by atoms with Gasteiger partial charge < -0.3 is 16.0 Å². The third kappa shape index (κ3) is 4.37. The fraction of sp³-hybridized carbons (Fsp3) is 0.500. The third-order valence-corrected chi connectivity index (χ3v) is 5.48. The number of hydrogen-bond acceptors (Lipinski definition) is 6.